The number of carbonyl (C=O) groups excluding carboxylic acids is 1. The van der Waals surface area contributed by atoms with Crippen molar-refractivity contribution in [3.63, 3.8) is 0 Å². The van der Waals surface area contributed by atoms with Gasteiger partial charge in [-0.2, -0.15) is 8.78 Å². The smallest absolute Gasteiger partial charge is 0.387 e. The van der Waals surface area contributed by atoms with Crippen molar-refractivity contribution >= 4 is 17.9 Å². The largest absolute Gasteiger partial charge is 0.490 e. The number of ether oxygens (including phenoxy) is 3. The third-order valence-electron chi connectivity index (χ3n) is 3.48. The van der Waals surface area contributed by atoms with Crippen molar-refractivity contribution in [3.05, 3.63) is 65.1 Å². The van der Waals surface area contributed by atoms with E-state index in [1.165, 1.54) is 42.5 Å². The zero-order valence-corrected chi connectivity index (χ0v) is 14.1. The van der Waals surface area contributed by atoms with Gasteiger partial charge in [0.15, 0.2) is 17.2 Å². The first-order valence-corrected chi connectivity index (χ1v) is 7.96. The minimum atomic E-state index is -2.99. The van der Waals surface area contributed by atoms with E-state index in [9.17, 15) is 18.0 Å². The first kappa shape index (κ1) is 18.5. The molecule has 0 N–H and O–H groups in total. The van der Waals surface area contributed by atoms with Crippen molar-refractivity contribution in [2.24, 2.45) is 4.99 Å². The van der Waals surface area contributed by atoms with E-state index >= 15 is 0 Å². The van der Waals surface area contributed by atoms with Gasteiger partial charge in [-0.3, -0.25) is 0 Å². The molecule has 1 aliphatic heterocycles. The van der Waals surface area contributed by atoms with Crippen molar-refractivity contribution < 1.29 is 32.2 Å². The lowest BCUT2D eigenvalue weighted by Gasteiger charge is -2.11. The molecule has 1 aliphatic rings. The summed E-state index contributed by atoms with van der Waals surface area (Å²) < 4.78 is 53.0. The van der Waals surface area contributed by atoms with Crippen molar-refractivity contribution in [1.82, 2.24) is 0 Å². The van der Waals surface area contributed by atoms with Crippen LogP contribution < -0.4 is 9.47 Å². The van der Waals surface area contributed by atoms with E-state index in [1.54, 1.807) is 13.0 Å². The fourth-order valence-corrected chi connectivity index (χ4v) is 2.39. The summed E-state index contributed by atoms with van der Waals surface area (Å²) in [6, 6.07) is 9.70. The van der Waals surface area contributed by atoms with Crippen LogP contribution in [0.1, 0.15) is 18.1 Å². The predicted octanol–water partition coefficient (Wildman–Crippen LogP) is 4.17. The van der Waals surface area contributed by atoms with Gasteiger partial charge in [0, 0.05) is 5.56 Å². The molecule has 1 heterocycles. The number of nitrogens with zero attached hydrogens (tertiary/aromatic N) is 1. The molecule has 0 unspecified atom stereocenters. The third kappa shape index (κ3) is 4.46. The summed E-state index contributed by atoms with van der Waals surface area (Å²) in [5.74, 6) is -1.23. The average molecular weight is 377 g/mol. The second kappa shape index (κ2) is 7.94. The van der Waals surface area contributed by atoms with E-state index in [4.69, 9.17) is 9.47 Å². The maximum Gasteiger partial charge on any atom is 0.387 e. The summed E-state index contributed by atoms with van der Waals surface area (Å²) in [6.07, 6.45) is 1.41. The number of carbonyl (C=O) groups is 1. The molecule has 0 amide bonds. The number of hydrogen-bond donors (Lipinski definition) is 0. The van der Waals surface area contributed by atoms with Gasteiger partial charge in [-0.1, -0.05) is 12.1 Å². The summed E-state index contributed by atoms with van der Waals surface area (Å²) in [7, 11) is 0. The van der Waals surface area contributed by atoms with E-state index in [2.05, 4.69) is 9.73 Å². The molecular weight excluding hydrogens is 363 g/mol. The van der Waals surface area contributed by atoms with Gasteiger partial charge >= 0.3 is 12.6 Å². The van der Waals surface area contributed by atoms with Crippen LogP contribution >= 0.6 is 0 Å². The predicted molar refractivity (Wildman–Crippen MR) is 91.2 cm³/mol. The zero-order chi connectivity index (χ0) is 19.4. The van der Waals surface area contributed by atoms with Crippen LogP contribution in [0.25, 0.3) is 6.08 Å². The average Bonchev–Trinajstić information content (AvgIpc) is 2.98. The van der Waals surface area contributed by atoms with Gasteiger partial charge in [0.05, 0.1) is 6.61 Å². The molecule has 2 aromatic carbocycles. The van der Waals surface area contributed by atoms with Crippen LogP contribution in [-0.2, 0) is 9.53 Å². The molecule has 0 atom stereocenters. The van der Waals surface area contributed by atoms with Crippen LogP contribution in [0.15, 0.2) is 53.2 Å². The van der Waals surface area contributed by atoms with Gasteiger partial charge in [-0.05, 0) is 48.9 Å². The quantitative estimate of drug-likeness (QED) is 0.560. The monoisotopic (exact) mass is 377 g/mol. The highest BCUT2D eigenvalue weighted by molar-refractivity contribution is 6.12. The molecule has 0 radical (unpaired) electrons. The van der Waals surface area contributed by atoms with E-state index in [0.29, 0.717) is 11.1 Å². The minimum Gasteiger partial charge on any atom is -0.490 e. The second-order valence-corrected chi connectivity index (χ2v) is 5.36. The summed E-state index contributed by atoms with van der Waals surface area (Å²) in [4.78, 5) is 16.1. The Hall–Kier alpha value is -3.29. The highest BCUT2D eigenvalue weighted by Crippen LogP contribution is 2.31. The molecule has 0 spiro atoms. The molecule has 0 saturated heterocycles. The molecular formula is C19H14F3NO4. The molecule has 2 aromatic rings. The normalized spacial score (nSPS) is 15.1. The Morgan fingerprint density at radius 2 is 2.00 bits per heavy atom. The summed E-state index contributed by atoms with van der Waals surface area (Å²) in [6.45, 7) is -1.05. The zero-order valence-electron chi connectivity index (χ0n) is 14.1. The number of benzene rings is 2. The van der Waals surface area contributed by atoms with E-state index in [0.717, 1.165) is 0 Å². The SMILES string of the molecule is CCOc1cc(/C=C2\N=C(c3cccc(F)c3)OC2=O)ccc1OC(F)F. The highest BCUT2D eigenvalue weighted by atomic mass is 19.3. The summed E-state index contributed by atoms with van der Waals surface area (Å²) >= 11 is 0. The Morgan fingerprint density at radius 3 is 2.70 bits per heavy atom. The molecule has 0 aromatic heterocycles. The van der Waals surface area contributed by atoms with Gasteiger partial charge in [-0.15, -0.1) is 0 Å². The van der Waals surface area contributed by atoms with Crippen LogP contribution in [0.2, 0.25) is 0 Å². The van der Waals surface area contributed by atoms with Crippen molar-refractivity contribution in [2.75, 3.05) is 6.61 Å². The molecule has 5 nitrogen and oxygen atoms in total. The molecule has 0 aliphatic carbocycles. The topological polar surface area (TPSA) is 57.1 Å². The first-order chi connectivity index (χ1) is 13.0. The Morgan fingerprint density at radius 1 is 1.19 bits per heavy atom. The third-order valence-corrected chi connectivity index (χ3v) is 3.48. The number of esters is 1. The van der Waals surface area contributed by atoms with E-state index < -0.39 is 18.4 Å². The molecule has 3 rings (SSSR count). The second-order valence-electron chi connectivity index (χ2n) is 5.36. The van der Waals surface area contributed by atoms with Gasteiger partial charge in [0.1, 0.15) is 5.82 Å². The molecule has 0 bridgehead atoms. The number of cyclic esters (lactones) is 1. The van der Waals surface area contributed by atoms with E-state index in [-0.39, 0.29) is 29.7 Å². The number of hydrogen-bond acceptors (Lipinski definition) is 5. The van der Waals surface area contributed by atoms with Gasteiger partial charge < -0.3 is 14.2 Å². The Bertz CT molecular complexity index is 925. The molecule has 0 fully saturated rings. The number of aliphatic imine (C=N–C) groups is 1. The van der Waals surface area contributed by atoms with Gasteiger partial charge in [0.25, 0.3) is 0 Å². The van der Waals surface area contributed by atoms with Crippen molar-refractivity contribution in [1.29, 1.82) is 0 Å². The number of alkyl halides is 2. The van der Waals surface area contributed by atoms with E-state index in [1.807, 2.05) is 0 Å². The lowest BCUT2D eigenvalue weighted by molar-refractivity contribution is -0.129. The Labute approximate surface area is 152 Å². The fraction of sp³-hybridized carbons (Fsp3) is 0.158. The molecule has 27 heavy (non-hydrogen) atoms. The molecule has 8 heteroatoms. The fourth-order valence-electron chi connectivity index (χ4n) is 2.39. The van der Waals surface area contributed by atoms with Gasteiger partial charge in [0.2, 0.25) is 5.90 Å². The lowest BCUT2D eigenvalue weighted by atomic mass is 10.1. The standard InChI is InChI=1S/C19H14F3NO4/c1-2-25-16-9-11(6-7-15(16)26-19(21)22)8-14-18(24)27-17(23-14)12-4-3-5-13(20)10-12/h3-10,19H,2H2,1H3/b14-8-. The van der Waals surface area contributed by atoms with Gasteiger partial charge in [-0.25, -0.2) is 14.2 Å². The van der Waals surface area contributed by atoms with Crippen LogP contribution in [-0.4, -0.2) is 25.1 Å². The van der Waals surface area contributed by atoms with Crippen molar-refractivity contribution in [3.8, 4) is 11.5 Å². The lowest BCUT2D eigenvalue weighted by Crippen LogP contribution is -2.05. The summed E-state index contributed by atoms with van der Waals surface area (Å²) in [5.41, 5.74) is 0.776. The number of halogens is 3. The minimum absolute atomic E-state index is 0.0146. The molecule has 0 saturated carbocycles. The first-order valence-electron chi connectivity index (χ1n) is 7.96. The Kier molecular flexibility index (Phi) is 5.44. The van der Waals surface area contributed by atoms with Crippen LogP contribution in [0.5, 0.6) is 11.5 Å². The number of rotatable bonds is 6. The van der Waals surface area contributed by atoms with Crippen LogP contribution in [0.3, 0.4) is 0 Å². The summed E-state index contributed by atoms with van der Waals surface area (Å²) in [5, 5.41) is 0. The van der Waals surface area contributed by atoms with Crippen LogP contribution in [0.4, 0.5) is 13.2 Å². The highest BCUT2D eigenvalue weighted by Gasteiger charge is 2.24. The maximum absolute atomic E-state index is 13.3. The van der Waals surface area contributed by atoms with Crippen molar-refractivity contribution in [2.45, 2.75) is 13.5 Å². The maximum atomic E-state index is 13.3. The molecule has 140 valence electrons. The van der Waals surface area contributed by atoms with Crippen LogP contribution in [0, 0.1) is 5.82 Å². The Balaban J connectivity index is 1.91.